The van der Waals surface area contributed by atoms with Gasteiger partial charge in [0.25, 0.3) is 11.8 Å². The fourth-order valence-corrected chi connectivity index (χ4v) is 4.29. The van der Waals surface area contributed by atoms with Gasteiger partial charge in [-0.25, -0.2) is 0 Å². The van der Waals surface area contributed by atoms with Crippen LogP contribution in [0.1, 0.15) is 23.1 Å². The van der Waals surface area contributed by atoms with Crippen LogP contribution < -0.4 is 10.1 Å². The molecule has 1 fully saturated rings. The molecular weight excluding hydrogens is 418 g/mol. The summed E-state index contributed by atoms with van der Waals surface area (Å²) in [5.74, 6) is 0.148. The Kier molecular flexibility index (Phi) is 7.11. The van der Waals surface area contributed by atoms with Crippen molar-refractivity contribution in [3.8, 4) is 5.75 Å². The third kappa shape index (κ3) is 5.10. The van der Waals surface area contributed by atoms with Gasteiger partial charge >= 0.3 is 0 Å². The number of anilines is 1. The summed E-state index contributed by atoms with van der Waals surface area (Å²) in [6.45, 7) is 8.46. The highest BCUT2D eigenvalue weighted by molar-refractivity contribution is 6.36. The minimum absolute atomic E-state index is 0.264. The number of morpholine rings is 1. The second kappa shape index (κ2) is 10.2. The van der Waals surface area contributed by atoms with E-state index in [0.29, 0.717) is 29.1 Å². The molecule has 0 bridgehead atoms. The van der Waals surface area contributed by atoms with E-state index in [1.165, 1.54) is 4.90 Å². The second-order valence-electron chi connectivity index (χ2n) is 8.49. The van der Waals surface area contributed by atoms with Crippen LogP contribution in [-0.2, 0) is 14.3 Å². The minimum Gasteiger partial charge on any atom is -0.497 e. The molecule has 1 N–H and O–H groups in total. The molecule has 0 aliphatic carbocycles. The summed E-state index contributed by atoms with van der Waals surface area (Å²) in [5, 5.41) is 3.27. The van der Waals surface area contributed by atoms with Crippen LogP contribution in [0.4, 0.5) is 5.69 Å². The van der Waals surface area contributed by atoms with Crippen molar-refractivity contribution in [2.45, 2.75) is 20.3 Å². The fraction of sp³-hybridized carbons (Fsp3) is 0.385. The number of ether oxygens (including phenoxy) is 2. The van der Waals surface area contributed by atoms with E-state index in [4.69, 9.17) is 9.47 Å². The lowest BCUT2D eigenvalue weighted by atomic mass is 10.0. The van der Waals surface area contributed by atoms with Gasteiger partial charge in [0, 0.05) is 31.9 Å². The van der Waals surface area contributed by atoms with Crippen LogP contribution in [0, 0.1) is 13.8 Å². The molecule has 7 nitrogen and oxygen atoms in total. The van der Waals surface area contributed by atoms with E-state index in [0.717, 1.165) is 56.1 Å². The summed E-state index contributed by atoms with van der Waals surface area (Å²) in [7, 11) is 1.60. The fourth-order valence-electron chi connectivity index (χ4n) is 4.29. The van der Waals surface area contributed by atoms with Crippen molar-refractivity contribution in [1.29, 1.82) is 0 Å². The number of aryl methyl sites for hydroxylation is 2. The monoisotopic (exact) mass is 449 g/mol. The lowest BCUT2D eigenvalue weighted by molar-refractivity contribution is -0.136. The molecule has 174 valence electrons. The molecule has 2 aliphatic rings. The first-order valence-corrected chi connectivity index (χ1v) is 11.4. The predicted octanol–water partition coefficient (Wildman–Crippen LogP) is 3.23. The maximum absolute atomic E-state index is 13.4. The number of nitrogens with one attached hydrogen (secondary N) is 1. The van der Waals surface area contributed by atoms with Crippen molar-refractivity contribution < 1.29 is 19.1 Å². The summed E-state index contributed by atoms with van der Waals surface area (Å²) in [6, 6.07) is 13.2. The molecule has 2 amide bonds. The number of benzene rings is 2. The highest BCUT2D eigenvalue weighted by Crippen LogP contribution is 2.32. The van der Waals surface area contributed by atoms with E-state index in [2.05, 4.69) is 16.3 Å². The maximum Gasteiger partial charge on any atom is 0.278 e. The van der Waals surface area contributed by atoms with Gasteiger partial charge in [-0.2, -0.15) is 0 Å². The van der Waals surface area contributed by atoms with Gasteiger partial charge in [-0.3, -0.25) is 19.4 Å². The van der Waals surface area contributed by atoms with Gasteiger partial charge in [-0.05, 0) is 49.6 Å². The van der Waals surface area contributed by atoms with Crippen LogP contribution in [0.25, 0.3) is 5.57 Å². The molecule has 2 heterocycles. The molecule has 1 saturated heterocycles. The van der Waals surface area contributed by atoms with Crippen molar-refractivity contribution in [3.63, 3.8) is 0 Å². The van der Waals surface area contributed by atoms with Crippen LogP contribution in [0.15, 0.2) is 48.2 Å². The number of hydrogen-bond acceptors (Lipinski definition) is 6. The average Bonchev–Trinajstić information content (AvgIpc) is 3.05. The van der Waals surface area contributed by atoms with E-state index in [-0.39, 0.29) is 11.8 Å². The smallest absolute Gasteiger partial charge is 0.278 e. The summed E-state index contributed by atoms with van der Waals surface area (Å²) in [5.41, 5.74) is 4.39. The molecule has 2 aromatic rings. The zero-order valence-electron chi connectivity index (χ0n) is 19.5. The van der Waals surface area contributed by atoms with Gasteiger partial charge in [0.05, 0.1) is 25.9 Å². The summed E-state index contributed by atoms with van der Waals surface area (Å²) < 4.78 is 10.7. The molecule has 0 spiro atoms. The number of imide groups is 1. The molecule has 0 saturated carbocycles. The molecule has 0 radical (unpaired) electrons. The molecule has 4 rings (SSSR count). The van der Waals surface area contributed by atoms with Gasteiger partial charge < -0.3 is 14.8 Å². The van der Waals surface area contributed by atoms with Crippen LogP contribution in [0.5, 0.6) is 5.75 Å². The number of rotatable bonds is 8. The van der Waals surface area contributed by atoms with Gasteiger partial charge in [-0.1, -0.05) is 29.8 Å². The van der Waals surface area contributed by atoms with E-state index in [1.807, 2.05) is 38.1 Å². The van der Waals surface area contributed by atoms with E-state index in [9.17, 15) is 9.59 Å². The summed E-state index contributed by atoms with van der Waals surface area (Å²) in [4.78, 5) is 30.5. The Morgan fingerprint density at radius 3 is 2.36 bits per heavy atom. The van der Waals surface area contributed by atoms with Crippen LogP contribution in [0.3, 0.4) is 0 Å². The van der Waals surface area contributed by atoms with Crippen molar-refractivity contribution in [2.75, 3.05) is 51.8 Å². The Balaban J connectivity index is 1.59. The highest BCUT2D eigenvalue weighted by atomic mass is 16.5. The van der Waals surface area contributed by atoms with E-state index >= 15 is 0 Å². The minimum atomic E-state index is -0.284. The Morgan fingerprint density at radius 1 is 0.970 bits per heavy atom. The Labute approximate surface area is 195 Å². The molecular formula is C26H31N3O4. The van der Waals surface area contributed by atoms with Crippen molar-refractivity contribution in [1.82, 2.24) is 9.80 Å². The Hall–Kier alpha value is -3.16. The topological polar surface area (TPSA) is 71.1 Å². The van der Waals surface area contributed by atoms with Gasteiger partial charge in [0.1, 0.15) is 11.4 Å². The van der Waals surface area contributed by atoms with Crippen molar-refractivity contribution >= 4 is 23.1 Å². The zero-order valence-corrected chi connectivity index (χ0v) is 19.5. The zero-order chi connectivity index (χ0) is 23.4. The molecule has 33 heavy (non-hydrogen) atoms. The number of methoxy groups -OCH3 is 1. The van der Waals surface area contributed by atoms with Crippen LogP contribution in [0.2, 0.25) is 0 Å². The lowest BCUT2D eigenvalue weighted by Crippen LogP contribution is -2.39. The van der Waals surface area contributed by atoms with E-state index in [1.54, 1.807) is 19.2 Å². The highest BCUT2D eigenvalue weighted by Gasteiger charge is 2.39. The number of nitrogens with zero attached hydrogens (tertiary/aromatic N) is 2. The molecule has 0 atom stereocenters. The first-order valence-electron chi connectivity index (χ1n) is 11.4. The van der Waals surface area contributed by atoms with Crippen LogP contribution >= 0.6 is 0 Å². The molecule has 0 unspecified atom stereocenters. The summed E-state index contributed by atoms with van der Waals surface area (Å²) in [6.07, 6.45) is 0.726. The number of carbonyl (C=O) groups is 2. The molecule has 2 aliphatic heterocycles. The predicted molar refractivity (Wildman–Crippen MR) is 128 cm³/mol. The lowest BCUT2D eigenvalue weighted by Gasteiger charge is -2.27. The first kappa shape index (κ1) is 23.0. The Morgan fingerprint density at radius 2 is 1.70 bits per heavy atom. The van der Waals surface area contributed by atoms with Crippen LogP contribution in [-0.4, -0.2) is 68.1 Å². The Bertz CT molecular complexity index is 1060. The quantitative estimate of drug-likeness (QED) is 0.624. The SMILES string of the molecule is COc1ccc(C2=C(Nc3ccc(C)cc3C)C(=O)N(CCCN3CCOCC3)C2=O)cc1. The number of hydrogen-bond donors (Lipinski definition) is 1. The van der Waals surface area contributed by atoms with Crippen molar-refractivity contribution in [2.24, 2.45) is 0 Å². The molecule has 0 aromatic heterocycles. The largest absolute Gasteiger partial charge is 0.497 e. The normalized spacial score (nSPS) is 17.1. The average molecular weight is 450 g/mol. The van der Waals surface area contributed by atoms with E-state index < -0.39 is 0 Å². The molecule has 2 aromatic carbocycles. The second-order valence-corrected chi connectivity index (χ2v) is 8.49. The van der Waals surface area contributed by atoms with Crippen molar-refractivity contribution in [3.05, 3.63) is 64.9 Å². The number of amides is 2. The molecule has 7 heteroatoms. The maximum atomic E-state index is 13.4. The van der Waals surface area contributed by atoms with Gasteiger partial charge in [0.15, 0.2) is 0 Å². The summed E-state index contributed by atoms with van der Waals surface area (Å²) >= 11 is 0. The van der Waals surface area contributed by atoms with Gasteiger partial charge in [-0.15, -0.1) is 0 Å². The van der Waals surface area contributed by atoms with Gasteiger partial charge in [0.2, 0.25) is 0 Å². The number of carbonyl (C=O) groups excluding carboxylic acids is 2. The first-order chi connectivity index (χ1) is 16.0. The standard InChI is InChI=1S/C26H31N3O4/c1-18-5-10-22(19(2)17-18)27-24-23(20-6-8-21(32-3)9-7-20)25(30)29(26(24)31)12-4-11-28-13-15-33-16-14-28/h5-10,17,27H,4,11-16H2,1-3H3. The third-order valence-electron chi connectivity index (χ3n) is 6.15. The third-order valence-corrected chi connectivity index (χ3v) is 6.15.